The molecule has 0 saturated heterocycles. The van der Waals surface area contributed by atoms with Gasteiger partial charge in [-0.1, -0.05) is 20.3 Å². The first-order valence-corrected chi connectivity index (χ1v) is 5.08. The molecule has 0 aromatic carbocycles. The summed E-state index contributed by atoms with van der Waals surface area (Å²) in [6.07, 6.45) is 0.0516. The number of amides is 1. The van der Waals surface area contributed by atoms with Crippen molar-refractivity contribution in [3.8, 4) is 0 Å². The number of aliphatic carboxylic acids is 1. The van der Waals surface area contributed by atoms with Crippen molar-refractivity contribution in [3.05, 3.63) is 0 Å². The highest BCUT2D eigenvalue weighted by Crippen LogP contribution is 2.06. The van der Waals surface area contributed by atoms with Crippen molar-refractivity contribution in [1.29, 1.82) is 0 Å². The predicted octanol–water partition coefficient (Wildman–Crippen LogP) is 0.373. The number of aliphatic hydroxyl groups is 1. The van der Waals surface area contributed by atoms with Crippen LogP contribution in [0.3, 0.4) is 0 Å². The number of hydrogen-bond acceptors (Lipinski definition) is 3. The zero-order valence-corrected chi connectivity index (χ0v) is 9.36. The highest BCUT2D eigenvalue weighted by atomic mass is 16.4. The van der Waals surface area contributed by atoms with Gasteiger partial charge < -0.3 is 15.5 Å². The lowest BCUT2D eigenvalue weighted by atomic mass is 10.0. The number of aliphatic hydroxyl groups excluding tert-OH is 1. The van der Waals surface area contributed by atoms with E-state index in [9.17, 15) is 9.59 Å². The summed E-state index contributed by atoms with van der Waals surface area (Å²) in [5.74, 6) is -1.34. The lowest BCUT2D eigenvalue weighted by Crippen LogP contribution is -2.47. The fourth-order valence-corrected chi connectivity index (χ4v) is 1.08. The summed E-state index contributed by atoms with van der Waals surface area (Å²) in [5, 5.41) is 20.1. The van der Waals surface area contributed by atoms with Gasteiger partial charge in [0.05, 0.1) is 6.10 Å². The first kappa shape index (κ1) is 13.9. The van der Waals surface area contributed by atoms with Crippen LogP contribution in [0, 0.1) is 5.92 Å². The monoisotopic (exact) mass is 217 g/mol. The summed E-state index contributed by atoms with van der Waals surface area (Å²) in [4.78, 5) is 22.0. The molecule has 0 aliphatic rings. The maximum Gasteiger partial charge on any atom is 0.328 e. The van der Waals surface area contributed by atoms with E-state index in [0.717, 1.165) is 6.42 Å². The van der Waals surface area contributed by atoms with E-state index in [-0.39, 0.29) is 18.2 Å². The van der Waals surface area contributed by atoms with Crippen LogP contribution in [0.5, 0.6) is 0 Å². The predicted molar refractivity (Wildman–Crippen MR) is 55.3 cm³/mol. The second-order valence-electron chi connectivity index (χ2n) is 3.84. The molecule has 0 aliphatic heterocycles. The molecule has 15 heavy (non-hydrogen) atoms. The molecule has 0 rings (SSSR count). The Morgan fingerprint density at radius 2 is 1.87 bits per heavy atom. The smallest absolute Gasteiger partial charge is 0.328 e. The lowest BCUT2D eigenvalue weighted by Gasteiger charge is -2.18. The Morgan fingerprint density at radius 3 is 2.20 bits per heavy atom. The standard InChI is InChI=1S/C10H19NO4/c1-4-6(2)5-8(13)11-9(7(3)12)10(14)15/h6-7,9,12H,4-5H2,1-3H3,(H,11,13)(H,14,15)/t6?,7-,9+/m1/s1. The molecule has 1 amide bonds. The van der Waals surface area contributed by atoms with Gasteiger partial charge in [-0.25, -0.2) is 4.79 Å². The molecule has 5 heteroatoms. The van der Waals surface area contributed by atoms with Gasteiger partial charge >= 0.3 is 5.97 Å². The highest BCUT2D eigenvalue weighted by molar-refractivity contribution is 5.84. The summed E-state index contributed by atoms with van der Waals surface area (Å²) in [7, 11) is 0. The summed E-state index contributed by atoms with van der Waals surface area (Å²) < 4.78 is 0. The van der Waals surface area contributed by atoms with Crippen LogP contribution in [-0.2, 0) is 9.59 Å². The average molecular weight is 217 g/mol. The van der Waals surface area contributed by atoms with Crippen LogP contribution >= 0.6 is 0 Å². The molecule has 0 aromatic heterocycles. The topological polar surface area (TPSA) is 86.6 Å². The molecule has 0 spiro atoms. The van der Waals surface area contributed by atoms with Crippen molar-refractivity contribution in [2.24, 2.45) is 5.92 Å². The number of hydrogen-bond donors (Lipinski definition) is 3. The van der Waals surface area contributed by atoms with Gasteiger partial charge in [0, 0.05) is 6.42 Å². The minimum Gasteiger partial charge on any atom is -0.480 e. The number of carboxylic acids is 1. The number of rotatable bonds is 6. The van der Waals surface area contributed by atoms with Crippen LogP contribution < -0.4 is 5.32 Å². The van der Waals surface area contributed by atoms with Crippen molar-refractivity contribution in [3.63, 3.8) is 0 Å². The van der Waals surface area contributed by atoms with E-state index in [1.807, 2.05) is 13.8 Å². The van der Waals surface area contributed by atoms with E-state index in [1.54, 1.807) is 0 Å². The molecule has 1 unspecified atom stereocenters. The molecule has 3 N–H and O–H groups in total. The quantitative estimate of drug-likeness (QED) is 0.600. The van der Waals surface area contributed by atoms with Gasteiger partial charge in [-0.2, -0.15) is 0 Å². The van der Waals surface area contributed by atoms with Gasteiger partial charge in [0.25, 0.3) is 0 Å². The fourth-order valence-electron chi connectivity index (χ4n) is 1.08. The molecule has 0 bridgehead atoms. The molecular formula is C10H19NO4. The van der Waals surface area contributed by atoms with Crippen molar-refractivity contribution < 1.29 is 19.8 Å². The number of carbonyl (C=O) groups excluding carboxylic acids is 1. The Labute approximate surface area is 89.5 Å². The first-order valence-electron chi connectivity index (χ1n) is 5.08. The van der Waals surface area contributed by atoms with Crippen molar-refractivity contribution in [2.45, 2.75) is 45.8 Å². The van der Waals surface area contributed by atoms with Crippen molar-refractivity contribution in [1.82, 2.24) is 5.32 Å². The third kappa shape index (κ3) is 5.37. The van der Waals surface area contributed by atoms with E-state index in [1.165, 1.54) is 6.92 Å². The largest absolute Gasteiger partial charge is 0.480 e. The third-order valence-electron chi connectivity index (χ3n) is 2.30. The Kier molecular flexibility index (Phi) is 5.93. The van der Waals surface area contributed by atoms with E-state index in [0.29, 0.717) is 0 Å². The van der Waals surface area contributed by atoms with Crippen LogP contribution in [0.4, 0.5) is 0 Å². The van der Waals surface area contributed by atoms with E-state index in [2.05, 4.69) is 5.32 Å². The maximum atomic E-state index is 11.3. The van der Waals surface area contributed by atoms with Gasteiger partial charge in [0.15, 0.2) is 6.04 Å². The minimum atomic E-state index is -1.22. The normalized spacial score (nSPS) is 16.5. The molecule has 0 heterocycles. The van der Waals surface area contributed by atoms with E-state index in [4.69, 9.17) is 10.2 Å². The number of carbonyl (C=O) groups is 2. The van der Waals surface area contributed by atoms with Crippen LogP contribution in [0.1, 0.15) is 33.6 Å². The first-order chi connectivity index (χ1) is 6.88. The lowest BCUT2D eigenvalue weighted by molar-refractivity contribution is -0.144. The molecule has 0 radical (unpaired) electrons. The SMILES string of the molecule is CCC(C)CC(=O)N[C@H](C(=O)O)[C@@H](C)O. The summed E-state index contributed by atoms with van der Waals surface area (Å²) in [5.41, 5.74) is 0. The molecule has 5 nitrogen and oxygen atoms in total. The molecule has 0 aromatic rings. The Balaban J connectivity index is 4.18. The number of nitrogens with one attached hydrogen (secondary N) is 1. The fraction of sp³-hybridized carbons (Fsp3) is 0.800. The summed E-state index contributed by atoms with van der Waals surface area (Å²) >= 11 is 0. The summed E-state index contributed by atoms with van der Waals surface area (Å²) in [6, 6.07) is -1.22. The van der Waals surface area contributed by atoms with Crippen LogP contribution in [0.25, 0.3) is 0 Å². The zero-order chi connectivity index (χ0) is 12.0. The van der Waals surface area contributed by atoms with Gasteiger partial charge in [-0.05, 0) is 12.8 Å². The second-order valence-corrected chi connectivity index (χ2v) is 3.84. The van der Waals surface area contributed by atoms with Crippen LogP contribution in [-0.4, -0.2) is 34.2 Å². The zero-order valence-electron chi connectivity index (χ0n) is 9.36. The molecule has 3 atom stereocenters. The van der Waals surface area contributed by atoms with Crippen molar-refractivity contribution in [2.75, 3.05) is 0 Å². The van der Waals surface area contributed by atoms with Gasteiger partial charge in [0.1, 0.15) is 0 Å². The molecule has 0 aliphatic carbocycles. The van der Waals surface area contributed by atoms with E-state index >= 15 is 0 Å². The molecular weight excluding hydrogens is 198 g/mol. The Morgan fingerprint density at radius 1 is 1.33 bits per heavy atom. The summed E-state index contributed by atoms with van der Waals surface area (Å²) in [6.45, 7) is 5.21. The second kappa shape index (κ2) is 6.40. The Hall–Kier alpha value is -1.10. The van der Waals surface area contributed by atoms with Gasteiger partial charge in [0.2, 0.25) is 5.91 Å². The highest BCUT2D eigenvalue weighted by Gasteiger charge is 2.25. The molecule has 88 valence electrons. The third-order valence-corrected chi connectivity index (χ3v) is 2.30. The maximum absolute atomic E-state index is 11.3. The van der Waals surface area contributed by atoms with E-state index < -0.39 is 18.1 Å². The molecule has 0 saturated carbocycles. The van der Waals surface area contributed by atoms with Gasteiger partial charge in [-0.15, -0.1) is 0 Å². The Bertz CT molecular complexity index is 227. The van der Waals surface area contributed by atoms with Crippen LogP contribution in [0.2, 0.25) is 0 Å². The minimum absolute atomic E-state index is 0.216. The van der Waals surface area contributed by atoms with Crippen LogP contribution in [0.15, 0.2) is 0 Å². The van der Waals surface area contributed by atoms with Crippen molar-refractivity contribution >= 4 is 11.9 Å². The number of carboxylic acid groups (broad SMARTS) is 1. The molecule has 0 fully saturated rings. The average Bonchev–Trinajstić information content (AvgIpc) is 2.12. The van der Waals surface area contributed by atoms with Gasteiger partial charge in [-0.3, -0.25) is 4.79 Å².